The van der Waals surface area contributed by atoms with E-state index in [1.165, 1.54) is 5.56 Å². The van der Waals surface area contributed by atoms with E-state index in [9.17, 15) is 4.79 Å². The molecule has 2 aromatic rings. The summed E-state index contributed by atoms with van der Waals surface area (Å²) in [6.07, 6.45) is 0.936. The predicted octanol–water partition coefficient (Wildman–Crippen LogP) is 3.22. The van der Waals surface area contributed by atoms with Gasteiger partial charge < -0.3 is 15.1 Å². The Kier molecular flexibility index (Phi) is 6.47. The Balaban J connectivity index is 1.45. The van der Waals surface area contributed by atoms with Crippen molar-refractivity contribution in [2.45, 2.75) is 6.42 Å². The summed E-state index contributed by atoms with van der Waals surface area (Å²) in [5.41, 5.74) is 1.85. The van der Waals surface area contributed by atoms with Crippen LogP contribution in [0.15, 0.2) is 54.6 Å². The van der Waals surface area contributed by atoms with Crippen molar-refractivity contribution in [3.8, 4) is 0 Å². The van der Waals surface area contributed by atoms with Gasteiger partial charge in [0.25, 0.3) is 5.91 Å². The second-order valence-corrected chi connectivity index (χ2v) is 7.02. The van der Waals surface area contributed by atoms with Crippen LogP contribution in [0.3, 0.4) is 0 Å². The molecule has 0 aliphatic carbocycles. The molecule has 0 atom stereocenters. The largest absolute Gasteiger partial charge is 0.362 e. The summed E-state index contributed by atoms with van der Waals surface area (Å²) in [6.45, 7) is 3.55. The van der Waals surface area contributed by atoms with Crippen LogP contribution >= 0.6 is 23.8 Å². The standard InChI is InChI=1S/C20H22ClN3OS/c21-18-9-5-4-8-17(18)19(25)23-12-14-24(15-13-23)20(26)22-11-10-16-6-2-1-3-7-16/h1-9H,10-15H2,(H,22,26). The second-order valence-electron chi connectivity index (χ2n) is 6.23. The van der Waals surface area contributed by atoms with Crippen molar-refractivity contribution in [1.29, 1.82) is 0 Å². The van der Waals surface area contributed by atoms with Gasteiger partial charge in [-0.15, -0.1) is 0 Å². The number of carbonyl (C=O) groups is 1. The Hall–Kier alpha value is -2.11. The van der Waals surface area contributed by atoms with Crippen LogP contribution in [-0.2, 0) is 6.42 Å². The Morgan fingerprint density at radius 2 is 1.58 bits per heavy atom. The number of hydrogen-bond donors (Lipinski definition) is 1. The molecule has 1 saturated heterocycles. The lowest BCUT2D eigenvalue weighted by Crippen LogP contribution is -2.53. The lowest BCUT2D eigenvalue weighted by Gasteiger charge is -2.36. The minimum atomic E-state index is -0.0156. The molecule has 0 radical (unpaired) electrons. The van der Waals surface area contributed by atoms with Gasteiger partial charge in [-0.1, -0.05) is 54.1 Å². The third-order valence-electron chi connectivity index (χ3n) is 4.49. The molecule has 1 amide bonds. The maximum Gasteiger partial charge on any atom is 0.255 e. The minimum Gasteiger partial charge on any atom is -0.362 e. The molecule has 3 rings (SSSR count). The van der Waals surface area contributed by atoms with Gasteiger partial charge in [-0.05, 0) is 36.3 Å². The summed E-state index contributed by atoms with van der Waals surface area (Å²) in [5, 5.41) is 4.57. The van der Waals surface area contributed by atoms with Crippen molar-refractivity contribution in [2.75, 3.05) is 32.7 Å². The van der Waals surface area contributed by atoms with Crippen molar-refractivity contribution in [1.82, 2.24) is 15.1 Å². The number of piperazine rings is 1. The number of benzene rings is 2. The van der Waals surface area contributed by atoms with Crippen LogP contribution < -0.4 is 5.32 Å². The van der Waals surface area contributed by atoms with E-state index in [1.807, 2.05) is 35.2 Å². The molecule has 0 saturated carbocycles. The summed E-state index contributed by atoms with van der Waals surface area (Å²) >= 11 is 11.6. The summed E-state index contributed by atoms with van der Waals surface area (Å²) in [4.78, 5) is 16.6. The Labute approximate surface area is 164 Å². The zero-order valence-corrected chi connectivity index (χ0v) is 16.1. The number of carbonyl (C=O) groups excluding carboxylic acids is 1. The monoisotopic (exact) mass is 387 g/mol. The van der Waals surface area contributed by atoms with E-state index in [0.29, 0.717) is 23.7 Å². The fourth-order valence-corrected chi connectivity index (χ4v) is 3.49. The Bertz CT molecular complexity index is 761. The van der Waals surface area contributed by atoms with Gasteiger partial charge >= 0.3 is 0 Å². The first-order valence-electron chi connectivity index (χ1n) is 8.75. The van der Waals surface area contributed by atoms with Crippen molar-refractivity contribution in [2.24, 2.45) is 0 Å². The smallest absolute Gasteiger partial charge is 0.255 e. The lowest BCUT2D eigenvalue weighted by molar-refractivity contribution is 0.0691. The molecule has 1 aliphatic rings. The zero-order chi connectivity index (χ0) is 18.4. The number of nitrogens with zero attached hydrogens (tertiary/aromatic N) is 2. The molecule has 1 heterocycles. The first-order valence-corrected chi connectivity index (χ1v) is 9.54. The van der Waals surface area contributed by atoms with Crippen LogP contribution in [0, 0.1) is 0 Å². The van der Waals surface area contributed by atoms with E-state index in [-0.39, 0.29) is 5.91 Å². The SMILES string of the molecule is O=C(c1ccccc1Cl)N1CCN(C(=S)NCCc2ccccc2)CC1. The molecule has 4 nitrogen and oxygen atoms in total. The van der Waals surface area contributed by atoms with Crippen molar-refractivity contribution in [3.63, 3.8) is 0 Å². The summed E-state index contributed by atoms with van der Waals surface area (Å²) in [6, 6.07) is 17.5. The Morgan fingerprint density at radius 1 is 0.962 bits per heavy atom. The van der Waals surface area contributed by atoms with Gasteiger partial charge in [0.2, 0.25) is 0 Å². The minimum absolute atomic E-state index is 0.0156. The molecule has 6 heteroatoms. The highest BCUT2D eigenvalue weighted by molar-refractivity contribution is 7.80. The van der Waals surface area contributed by atoms with Crippen LogP contribution in [0.5, 0.6) is 0 Å². The van der Waals surface area contributed by atoms with E-state index < -0.39 is 0 Å². The van der Waals surface area contributed by atoms with Gasteiger partial charge in [0.1, 0.15) is 0 Å². The molecule has 0 spiro atoms. The van der Waals surface area contributed by atoms with Crippen LogP contribution in [0.1, 0.15) is 15.9 Å². The van der Waals surface area contributed by atoms with Gasteiger partial charge in [0.05, 0.1) is 10.6 Å². The van der Waals surface area contributed by atoms with E-state index in [4.69, 9.17) is 23.8 Å². The van der Waals surface area contributed by atoms with Crippen molar-refractivity contribution in [3.05, 3.63) is 70.7 Å². The van der Waals surface area contributed by atoms with Gasteiger partial charge in [-0.2, -0.15) is 0 Å². The van der Waals surface area contributed by atoms with Gasteiger partial charge in [0.15, 0.2) is 5.11 Å². The van der Waals surface area contributed by atoms with Gasteiger partial charge in [0, 0.05) is 32.7 Å². The van der Waals surface area contributed by atoms with Crippen LogP contribution in [-0.4, -0.2) is 53.5 Å². The van der Waals surface area contributed by atoms with Crippen LogP contribution in [0.25, 0.3) is 0 Å². The number of rotatable bonds is 4. The summed E-state index contributed by atoms with van der Waals surface area (Å²) < 4.78 is 0. The molecule has 26 heavy (non-hydrogen) atoms. The highest BCUT2D eigenvalue weighted by Crippen LogP contribution is 2.18. The number of hydrogen-bond acceptors (Lipinski definition) is 2. The lowest BCUT2D eigenvalue weighted by atomic mass is 10.1. The number of thiocarbonyl (C=S) groups is 1. The van der Waals surface area contributed by atoms with E-state index >= 15 is 0 Å². The number of halogens is 1. The Morgan fingerprint density at radius 3 is 2.27 bits per heavy atom. The molecular weight excluding hydrogens is 366 g/mol. The highest BCUT2D eigenvalue weighted by Gasteiger charge is 2.24. The third-order valence-corrected chi connectivity index (χ3v) is 5.22. The molecule has 2 aromatic carbocycles. The molecule has 136 valence electrons. The zero-order valence-electron chi connectivity index (χ0n) is 14.5. The average Bonchev–Trinajstić information content (AvgIpc) is 2.69. The topological polar surface area (TPSA) is 35.6 Å². The maximum absolute atomic E-state index is 12.6. The van der Waals surface area contributed by atoms with E-state index in [2.05, 4.69) is 22.3 Å². The first kappa shape index (κ1) is 18.7. The van der Waals surface area contributed by atoms with Gasteiger partial charge in [-0.25, -0.2) is 0 Å². The highest BCUT2D eigenvalue weighted by atomic mass is 35.5. The summed E-state index contributed by atoms with van der Waals surface area (Å²) in [7, 11) is 0. The van der Waals surface area contributed by atoms with Crippen LogP contribution in [0.2, 0.25) is 5.02 Å². The number of amides is 1. The fourth-order valence-electron chi connectivity index (χ4n) is 2.99. The molecular formula is C20H22ClN3OS. The summed E-state index contributed by atoms with van der Waals surface area (Å²) in [5.74, 6) is -0.0156. The van der Waals surface area contributed by atoms with Crippen LogP contribution in [0.4, 0.5) is 0 Å². The predicted molar refractivity (Wildman–Crippen MR) is 110 cm³/mol. The average molecular weight is 388 g/mol. The third kappa shape index (κ3) is 4.74. The normalized spacial score (nSPS) is 14.2. The second kappa shape index (κ2) is 9.01. The van der Waals surface area contributed by atoms with E-state index in [1.54, 1.807) is 12.1 Å². The molecule has 1 fully saturated rings. The van der Waals surface area contributed by atoms with Crippen molar-refractivity contribution >= 4 is 34.8 Å². The maximum atomic E-state index is 12.6. The molecule has 0 aromatic heterocycles. The number of nitrogens with one attached hydrogen (secondary N) is 1. The van der Waals surface area contributed by atoms with Crippen molar-refractivity contribution < 1.29 is 4.79 Å². The molecule has 1 N–H and O–H groups in total. The first-order chi connectivity index (χ1) is 12.6. The van der Waals surface area contributed by atoms with E-state index in [0.717, 1.165) is 31.2 Å². The fraction of sp³-hybridized carbons (Fsp3) is 0.300. The quantitative estimate of drug-likeness (QED) is 0.817. The molecule has 0 unspecified atom stereocenters. The van der Waals surface area contributed by atoms with Gasteiger partial charge in [-0.3, -0.25) is 4.79 Å². The molecule has 1 aliphatic heterocycles. The molecule has 0 bridgehead atoms.